The lowest BCUT2D eigenvalue weighted by Gasteiger charge is -2.23. The van der Waals surface area contributed by atoms with Crippen molar-refractivity contribution in [2.75, 3.05) is 12.0 Å². The van der Waals surface area contributed by atoms with Gasteiger partial charge in [0.1, 0.15) is 24.4 Å². The first-order chi connectivity index (χ1) is 9.06. The summed E-state index contributed by atoms with van der Waals surface area (Å²) in [6.45, 7) is -0.718. The zero-order valence-corrected chi connectivity index (χ0v) is 10.2. The highest BCUT2D eigenvalue weighted by Gasteiger charge is 2.29. The summed E-state index contributed by atoms with van der Waals surface area (Å²) in [7, 11) is 0. The van der Waals surface area contributed by atoms with Crippen molar-refractivity contribution >= 4 is 11.9 Å². The smallest absolute Gasteiger partial charge is 0.119 e. The van der Waals surface area contributed by atoms with E-state index in [9.17, 15) is 15.3 Å². The first-order valence-electron chi connectivity index (χ1n) is 5.73. The fourth-order valence-electron chi connectivity index (χ4n) is 1.33. The van der Waals surface area contributed by atoms with Gasteiger partial charge in [-0.05, 0) is 12.1 Å². The van der Waals surface area contributed by atoms with Crippen LogP contribution in [-0.2, 0) is 0 Å². The molecule has 0 unspecified atom stereocenters. The molecule has 19 heavy (non-hydrogen) atoms. The Morgan fingerprint density at radius 3 is 2.26 bits per heavy atom. The Labute approximate surface area is 110 Å². The number of nitrogens with one attached hydrogen (secondary N) is 1. The fourth-order valence-corrected chi connectivity index (χ4v) is 1.33. The quantitative estimate of drug-likeness (QED) is 0.265. The van der Waals surface area contributed by atoms with E-state index in [2.05, 4.69) is 10.5 Å². The molecule has 106 valence electrons. The first-order valence-corrected chi connectivity index (χ1v) is 5.73. The molecule has 0 saturated heterocycles. The van der Waals surface area contributed by atoms with Gasteiger partial charge < -0.3 is 25.5 Å². The van der Waals surface area contributed by atoms with Gasteiger partial charge in [0.2, 0.25) is 0 Å². The Hall–Kier alpha value is -1.51. The second kappa shape index (κ2) is 7.82. The first kappa shape index (κ1) is 15.5. The van der Waals surface area contributed by atoms with Crippen molar-refractivity contribution in [1.29, 1.82) is 0 Å². The molecule has 0 amide bonds. The van der Waals surface area contributed by atoms with Gasteiger partial charge in [-0.15, -0.1) is 0 Å². The van der Waals surface area contributed by atoms with E-state index in [-0.39, 0.29) is 0 Å². The second-order valence-corrected chi connectivity index (χ2v) is 3.98. The molecular weight excluding hydrogens is 252 g/mol. The SMILES string of the molecule is OC[C@H](O)[C@H](O)[C@@H](O)[C@@H](O)/C=N\Nc1ccccc1. The Morgan fingerprint density at radius 2 is 1.68 bits per heavy atom. The van der Waals surface area contributed by atoms with Gasteiger partial charge in [0.25, 0.3) is 0 Å². The zero-order valence-electron chi connectivity index (χ0n) is 10.2. The molecule has 0 aliphatic rings. The monoisotopic (exact) mass is 270 g/mol. The third kappa shape index (κ3) is 4.93. The lowest BCUT2D eigenvalue weighted by molar-refractivity contribution is -0.0999. The number of hydrogen-bond donors (Lipinski definition) is 6. The number of hydrazone groups is 1. The normalized spacial score (nSPS) is 17.9. The third-order valence-corrected chi connectivity index (χ3v) is 2.48. The summed E-state index contributed by atoms with van der Waals surface area (Å²) in [4.78, 5) is 0. The van der Waals surface area contributed by atoms with Crippen LogP contribution in [0.15, 0.2) is 35.4 Å². The predicted molar refractivity (Wildman–Crippen MR) is 69.7 cm³/mol. The average molecular weight is 270 g/mol. The van der Waals surface area contributed by atoms with Crippen LogP contribution in [0.4, 0.5) is 5.69 Å². The molecule has 0 aromatic heterocycles. The molecule has 0 heterocycles. The molecule has 7 nitrogen and oxygen atoms in total. The van der Waals surface area contributed by atoms with Gasteiger partial charge in [0.05, 0.1) is 18.5 Å². The maximum Gasteiger partial charge on any atom is 0.119 e. The number of aliphatic hydroxyl groups excluding tert-OH is 5. The molecule has 0 fully saturated rings. The van der Waals surface area contributed by atoms with E-state index in [1.807, 2.05) is 6.07 Å². The van der Waals surface area contributed by atoms with Gasteiger partial charge in [-0.1, -0.05) is 18.2 Å². The summed E-state index contributed by atoms with van der Waals surface area (Å²) in [6, 6.07) is 8.93. The van der Waals surface area contributed by atoms with Gasteiger partial charge in [-0.3, -0.25) is 5.43 Å². The van der Waals surface area contributed by atoms with Crippen molar-refractivity contribution in [2.24, 2.45) is 5.10 Å². The van der Waals surface area contributed by atoms with Crippen LogP contribution in [0.5, 0.6) is 0 Å². The number of anilines is 1. The molecule has 6 N–H and O–H groups in total. The van der Waals surface area contributed by atoms with E-state index in [0.717, 1.165) is 6.21 Å². The van der Waals surface area contributed by atoms with Gasteiger partial charge in [0, 0.05) is 0 Å². The average Bonchev–Trinajstić information content (AvgIpc) is 2.45. The summed E-state index contributed by atoms with van der Waals surface area (Å²) >= 11 is 0. The van der Waals surface area contributed by atoms with E-state index in [1.54, 1.807) is 24.3 Å². The lowest BCUT2D eigenvalue weighted by atomic mass is 10.0. The predicted octanol–water partition coefficient (Wildman–Crippen LogP) is -1.48. The summed E-state index contributed by atoms with van der Waals surface area (Å²) < 4.78 is 0. The van der Waals surface area contributed by atoms with Crippen molar-refractivity contribution in [3.8, 4) is 0 Å². The van der Waals surface area contributed by atoms with Crippen LogP contribution >= 0.6 is 0 Å². The summed E-state index contributed by atoms with van der Waals surface area (Å²) in [5, 5.41) is 49.8. The number of aliphatic hydroxyl groups is 5. The van der Waals surface area contributed by atoms with E-state index < -0.39 is 31.0 Å². The minimum atomic E-state index is -1.66. The number of rotatable bonds is 7. The molecule has 1 aromatic rings. The van der Waals surface area contributed by atoms with E-state index in [1.165, 1.54) is 0 Å². The minimum Gasteiger partial charge on any atom is -0.394 e. The van der Waals surface area contributed by atoms with Crippen LogP contribution in [0.25, 0.3) is 0 Å². The number of nitrogens with zero attached hydrogens (tertiary/aromatic N) is 1. The second-order valence-electron chi connectivity index (χ2n) is 3.98. The van der Waals surface area contributed by atoms with Crippen LogP contribution in [0.1, 0.15) is 0 Å². The van der Waals surface area contributed by atoms with Crippen molar-refractivity contribution in [2.45, 2.75) is 24.4 Å². The van der Waals surface area contributed by atoms with Crippen LogP contribution in [-0.4, -0.2) is 62.8 Å². The molecular formula is C12H18N2O5. The van der Waals surface area contributed by atoms with Crippen LogP contribution < -0.4 is 5.43 Å². The van der Waals surface area contributed by atoms with E-state index in [0.29, 0.717) is 5.69 Å². The van der Waals surface area contributed by atoms with Gasteiger partial charge in [-0.25, -0.2) is 0 Å². The number of hydrogen-bond acceptors (Lipinski definition) is 7. The number of para-hydroxylation sites is 1. The molecule has 1 rings (SSSR count). The topological polar surface area (TPSA) is 126 Å². The van der Waals surface area contributed by atoms with Crippen molar-refractivity contribution < 1.29 is 25.5 Å². The summed E-state index contributed by atoms with van der Waals surface area (Å²) in [6.07, 6.45) is -5.33. The molecule has 4 atom stereocenters. The van der Waals surface area contributed by atoms with E-state index >= 15 is 0 Å². The standard InChI is InChI=1S/C12H18N2O5/c15-7-10(17)12(19)11(18)9(16)6-13-14-8-4-2-1-3-5-8/h1-6,9-12,14-19H,7H2/b13-6-/t9-,10-,11-,12-/m0/s1. The minimum absolute atomic E-state index is 0.691. The molecule has 0 spiro atoms. The third-order valence-electron chi connectivity index (χ3n) is 2.48. The van der Waals surface area contributed by atoms with Crippen molar-refractivity contribution in [3.05, 3.63) is 30.3 Å². The fraction of sp³-hybridized carbons (Fsp3) is 0.417. The molecule has 0 radical (unpaired) electrons. The van der Waals surface area contributed by atoms with Crippen LogP contribution in [0.3, 0.4) is 0 Å². The number of benzene rings is 1. The molecule has 0 saturated carbocycles. The molecule has 7 heteroatoms. The van der Waals surface area contributed by atoms with Crippen molar-refractivity contribution in [3.63, 3.8) is 0 Å². The molecule has 0 bridgehead atoms. The van der Waals surface area contributed by atoms with Gasteiger partial charge in [-0.2, -0.15) is 5.10 Å². The highest BCUT2D eigenvalue weighted by molar-refractivity contribution is 5.65. The molecule has 1 aromatic carbocycles. The Kier molecular flexibility index (Phi) is 6.40. The Balaban J connectivity index is 2.47. The summed E-state index contributed by atoms with van der Waals surface area (Å²) in [5.74, 6) is 0. The lowest BCUT2D eigenvalue weighted by Crippen LogP contribution is -2.46. The molecule has 0 aliphatic heterocycles. The van der Waals surface area contributed by atoms with Crippen LogP contribution in [0, 0.1) is 0 Å². The van der Waals surface area contributed by atoms with Gasteiger partial charge >= 0.3 is 0 Å². The van der Waals surface area contributed by atoms with Crippen molar-refractivity contribution in [1.82, 2.24) is 0 Å². The largest absolute Gasteiger partial charge is 0.394 e. The zero-order chi connectivity index (χ0) is 14.3. The highest BCUT2D eigenvalue weighted by Crippen LogP contribution is 2.06. The Bertz CT molecular complexity index is 387. The van der Waals surface area contributed by atoms with Gasteiger partial charge in [0.15, 0.2) is 0 Å². The maximum absolute atomic E-state index is 9.52. The van der Waals surface area contributed by atoms with E-state index in [4.69, 9.17) is 10.2 Å². The highest BCUT2D eigenvalue weighted by atomic mass is 16.4. The Morgan fingerprint density at radius 1 is 1.05 bits per heavy atom. The van der Waals surface area contributed by atoms with Crippen LogP contribution in [0.2, 0.25) is 0 Å². The molecule has 0 aliphatic carbocycles. The maximum atomic E-state index is 9.52. The summed E-state index contributed by atoms with van der Waals surface area (Å²) in [5.41, 5.74) is 3.31.